The van der Waals surface area contributed by atoms with Crippen LogP contribution in [0.2, 0.25) is 0 Å². The second-order valence-corrected chi connectivity index (χ2v) is 4.45. The van der Waals surface area contributed by atoms with Crippen molar-refractivity contribution in [1.29, 1.82) is 0 Å². The molecule has 2 rings (SSSR count). The van der Waals surface area contributed by atoms with E-state index in [1.165, 1.54) is 0 Å². The first kappa shape index (κ1) is 12.2. The Balaban J connectivity index is 1.75. The molecule has 0 amide bonds. The number of nitrogen functional groups attached to an aromatic ring is 1. The van der Waals surface area contributed by atoms with Crippen molar-refractivity contribution in [3.8, 4) is 0 Å². The smallest absolute Gasteiger partial charge is 0.0594 e. The lowest BCUT2D eigenvalue weighted by Gasteiger charge is -2.26. The van der Waals surface area contributed by atoms with Gasteiger partial charge in [0.15, 0.2) is 0 Å². The highest BCUT2D eigenvalue weighted by molar-refractivity contribution is 5.58. The zero-order valence-electron chi connectivity index (χ0n) is 10.4. The highest BCUT2D eigenvalue weighted by Crippen LogP contribution is 2.16. The molecule has 0 aliphatic carbocycles. The normalized spacial score (nSPS) is 17.0. The van der Waals surface area contributed by atoms with E-state index in [2.05, 4.69) is 16.3 Å². The summed E-state index contributed by atoms with van der Waals surface area (Å²) in [5, 5.41) is 3.40. The minimum Gasteiger partial charge on any atom is -0.398 e. The van der Waals surface area contributed by atoms with Crippen LogP contribution in [0.3, 0.4) is 0 Å². The second-order valence-electron chi connectivity index (χ2n) is 4.45. The van der Waals surface area contributed by atoms with Crippen LogP contribution in [0.4, 0.5) is 11.4 Å². The van der Waals surface area contributed by atoms with Crippen LogP contribution in [0.25, 0.3) is 0 Å². The Morgan fingerprint density at radius 2 is 2.12 bits per heavy atom. The van der Waals surface area contributed by atoms with Gasteiger partial charge in [-0.2, -0.15) is 0 Å². The zero-order valence-corrected chi connectivity index (χ0v) is 10.4. The van der Waals surface area contributed by atoms with Crippen LogP contribution in [0.15, 0.2) is 18.2 Å². The van der Waals surface area contributed by atoms with Crippen LogP contribution in [0, 0.1) is 6.92 Å². The largest absolute Gasteiger partial charge is 0.398 e. The van der Waals surface area contributed by atoms with Crippen molar-refractivity contribution in [2.24, 2.45) is 0 Å². The monoisotopic (exact) mass is 235 g/mol. The fourth-order valence-corrected chi connectivity index (χ4v) is 1.93. The van der Waals surface area contributed by atoms with E-state index in [4.69, 9.17) is 10.5 Å². The first-order valence-electron chi connectivity index (χ1n) is 6.16. The molecule has 1 fully saturated rings. The maximum atomic E-state index is 5.87. The van der Waals surface area contributed by atoms with E-state index in [-0.39, 0.29) is 0 Å². The van der Waals surface area contributed by atoms with Gasteiger partial charge in [-0.05, 0) is 24.6 Å². The molecule has 4 heteroatoms. The van der Waals surface area contributed by atoms with Gasteiger partial charge in [-0.3, -0.25) is 4.90 Å². The van der Waals surface area contributed by atoms with Gasteiger partial charge in [0.1, 0.15) is 0 Å². The molecule has 0 aromatic heterocycles. The number of hydrogen-bond donors (Lipinski definition) is 2. The topological polar surface area (TPSA) is 50.5 Å². The Labute approximate surface area is 103 Å². The van der Waals surface area contributed by atoms with Gasteiger partial charge in [0, 0.05) is 37.6 Å². The lowest BCUT2D eigenvalue weighted by Crippen LogP contribution is -2.39. The molecule has 1 aromatic carbocycles. The van der Waals surface area contributed by atoms with E-state index >= 15 is 0 Å². The lowest BCUT2D eigenvalue weighted by molar-refractivity contribution is 0.0398. The molecule has 0 atom stereocenters. The first-order chi connectivity index (χ1) is 8.25. The molecule has 0 saturated carbocycles. The van der Waals surface area contributed by atoms with Crippen molar-refractivity contribution in [3.05, 3.63) is 23.8 Å². The summed E-state index contributed by atoms with van der Waals surface area (Å²) in [6.45, 7) is 7.82. The number of morpholine rings is 1. The fourth-order valence-electron chi connectivity index (χ4n) is 1.93. The number of aryl methyl sites for hydroxylation is 1. The number of nitrogens with zero attached hydrogens (tertiary/aromatic N) is 1. The summed E-state index contributed by atoms with van der Waals surface area (Å²) in [5.41, 5.74) is 8.94. The highest BCUT2D eigenvalue weighted by atomic mass is 16.5. The van der Waals surface area contributed by atoms with Gasteiger partial charge in [0.05, 0.1) is 13.2 Å². The summed E-state index contributed by atoms with van der Waals surface area (Å²) in [7, 11) is 0. The number of nitrogens with one attached hydrogen (secondary N) is 1. The van der Waals surface area contributed by atoms with Crippen molar-refractivity contribution in [2.75, 3.05) is 50.4 Å². The van der Waals surface area contributed by atoms with Gasteiger partial charge in [-0.1, -0.05) is 6.07 Å². The van der Waals surface area contributed by atoms with Crippen molar-refractivity contribution in [2.45, 2.75) is 6.92 Å². The minimum absolute atomic E-state index is 0.848. The van der Waals surface area contributed by atoms with Crippen LogP contribution in [0.5, 0.6) is 0 Å². The third-order valence-corrected chi connectivity index (χ3v) is 3.14. The second kappa shape index (κ2) is 5.89. The third kappa shape index (κ3) is 3.61. The Morgan fingerprint density at radius 3 is 2.82 bits per heavy atom. The van der Waals surface area contributed by atoms with E-state index in [9.17, 15) is 0 Å². The Kier molecular flexibility index (Phi) is 4.23. The molecule has 1 heterocycles. The van der Waals surface area contributed by atoms with Gasteiger partial charge < -0.3 is 15.8 Å². The van der Waals surface area contributed by atoms with Gasteiger partial charge in [-0.15, -0.1) is 0 Å². The van der Waals surface area contributed by atoms with E-state index < -0.39 is 0 Å². The maximum absolute atomic E-state index is 5.87. The van der Waals surface area contributed by atoms with Crippen molar-refractivity contribution in [3.63, 3.8) is 0 Å². The van der Waals surface area contributed by atoms with E-state index in [0.717, 1.165) is 56.3 Å². The van der Waals surface area contributed by atoms with E-state index in [0.29, 0.717) is 0 Å². The summed E-state index contributed by atoms with van der Waals surface area (Å²) in [5.74, 6) is 0. The first-order valence-corrected chi connectivity index (χ1v) is 6.16. The number of rotatable bonds is 4. The van der Waals surface area contributed by atoms with Crippen LogP contribution >= 0.6 is 0 Å². The van der Waals surface area contributed by atoms with Crippen LogP contribution < -0.4 is 11.1 Å². The summed E-state index contributed by atoms with van der Waals surface area (Å²) < 4.78 is 5.31. The zero-order chi connectivity index (χ0) is 12.1. The van der Waals surface area contributed by atoms with Crippen LogP contribution in [-0.2, 0) is 4.74 Å². The molecule has 94 valence electrons. The van der Waals surface area contributed by atoms with Crippen LogP contribution in [0.1, 0.15) is 5.56 Å². The molecule has 1 saturated heterocycles. The fraction of sp³-hybridized carbons (Fsp3) is 0.538. The maximum Gasteiger partial charge on any atom is 0.0594 e. The predicted octanol–water partition coefficient (Wildman–Crippen LogP) is 1.32. The minimum atomic E-state index is 0.848. The number of anilines is 2. The van der Waals surface area contributed by atoms with Gasteiger partial charge in [0.2, 0.25) is 0 Å². The SMILES string of the molecule is Cc1ccc(NCCN2CCOCC2)cc1N. The standard InChI is InChI=1S/C13H21N3O/c1-11-2-3-12(10-13(11)14)15-4-5-16-6-8-17-9-7-16/h2-3,10,15H,4-9,14H2,1H3. The third-order valence-electron chi connectivity index (χ3n) is 3.14. The summed E-state index contributed by atoms with van der Waals surface area (Å²) in [4.78, 5) is 2.41. The average Bonchev–Trinajstić information content (AvgIpc) is 2.35. The number of ether oxygens (including phenoxy) is 1. The lowest BCUT2D eigenvalue weighted by atomic mass is 10.2. The Morgan fingerprint density at radius 1 is 1.35 bits per heavy atom. The predicted molar refractivity (Wildman–Crippen MR) is 71.3 cm³/mol. The van der Waals surface area contributed by atoms with Gasteiger partial charge >= 0.3 is 0 Å². The molecule has 17 heavy (non-hydrogen) atoms. The summed E-state index contributed by atoms with van der Waals surface area (Å²) in [6, 6.07) is 6.12. The van der Waals surface area contributed by atoms with Crippen molar-refractivity contribution >= 4 is 11.4 Å². The average molecular weight is 235 g/mol. The Bertz CT molecular complexity index is 362. The number of hydrogen-bond acceptors (Lipinski definition) is 4. The Hall–Kier alpha value is -1.26. The molecular formula is C13H21N3O. The van der Waals surface area contributed by atoms with Crippen molar-refractivity contribution < 1.29 is 4.74 Å². The summed E-state index contributed by atoms with van der Waals surface area (Å²) >= 11 is 0. The molecule has 0 radical (unpaired) electrons. The molecule has 1 aliphatic rings. The molecular weight excluding hydrogens is 214 g/mol. The van der Waals surface area contributed by atoms with Gasteiger partial charge in [-0.25, -0.2) is 0 Å². The quantitative estimate of drug-likeness (QED) is 0.773. The van der Waals surface area contributed by atoms with Crippen molar-refractivity contribution in [1.82, 2.24) is 4.90 Å². The summed E-state index contributed by atoms with van der Waals surface area (Å²) in [6.07, 6.45) is 0. The van der Waals surface area contributed by atoms with Crippen LogP contribution in [-0.4, -0.2) is 44.3 Å². The molecule has 4 nitrogen and oxygen atoms in total. The molecule has 0 bridgehead atoms. The highest BCUT2D eigenvalue weighted by Gasteiger charge is 2.09. The number of nitrogens with two attached hydrogens (primary N) is 1. The van der Waals surface area contributed by atoms with E-state index in [1.807, 2.05) is 19.1 Å². The molecule has 1 aromatic rings. The van der Waals surface area contributed by atoms with Gasteiger partial charge in [0.25, 0.3) is 0 Å². The molecule has 0 unspecified atom stereocenters. The molecule has 3 N–H and O–H groups in total. The molecule has 1 aliphatic heterocycles. The molecule has 0 spiro atoms. The number of benzene rings is 1. The van der Waals surface area contributed by atoms with E-state index in [1.54, 1.807) is 0 Å².